The molecular formula is C13H18N2S. The fraction of sp³-hybridized carbons (Fsp3) is 0.462. The minimum Gasteiger partial charge on any atom is -0.304 e. The van der Waals surface area contributed by atoms with Crippen molar-refractivity contribution >= 4 is 21.6 Å². The van der Waals surface area contributed by atoms with Crippen LogP contribution in [0.2, 0.25) is 0 Å². The number of thiophene rings is 1. The van der Waals surface area contributed by atoms with E-state index in [9.17, 15) is 0 Å². The van der Waals surface area contributed by atoms with Crippen LogP contribution >= 0.6 is 11.3 Å². The Labute approximate surface area is 101 Å². The van der Waals surface area contributed by atoms with Crippen LogP contribution in [0, 0.1) is 0 Å². The van der Waals surface area contributed by atoms with Crippen molar-refractivity contribution in [3.8, 4) is 0 Å². The lowest BCUT2D eigenvalue weighted by atomic mass is 10.2. The minimum absolute atomic E-state index is 0.609. The van der Waals surface area contributed by atoms with Gasteiger partial charge in [-0.3, -0.25) is 4.98 Å². The van der Waals surface area contributed by atoms with Gasteiger partial charge in [-0.1, -0.05) is 0 Å². The van der Waals surface area contributed by atoms with E-state index in [0.717, 1.165) is 13.0 Å². The van der Waals surface area contributed by atoms with Crippen LogP contribution in [0.15, 0.2) is 23.7 Å². The summed E-state index contributed by atoms with van der Waals surface area (Å²) in [5, 5.41) is 2.24. The molecule has 0 spiro atoms. The van der Waals surface area contributed by atoms with E-state index in [1.165, 1.54) is 15.8 Å². The van der Waals surface area contributed by atoms with Crippen molar-refractivity contribution in [2.24, 2.45) is 0 Å². The highest BCUT2D eigenvalue weighted by atomic mass is 32.1. The van der Waals surface area contributed by atoms with Gasteiger partial charge in [0.2, 0.25) is 0 Å². The fourth-order valence-electron chi connectivity index (χ4n) is 1.65. The Hall–Kier alpha value is -0.930. The number of nitrogens with zero attached hydrogens (tertiary/aromatic N) is 2. The minimum atomic E-state index is 0.609. The van der Waals surface area contributed by atoms with Gasteiger partial charge in [-0.15, -0.1) is 11.3 Å². The molecule has 86 valence electrons. The second kappa shape index (κ2) is 4.93. The molecule has 2 aromatic heterocycles. The zero-order chi connectivity index (χ0) is 11.5. The van der Waals surface area contributed by atoms with Crippen LogP contribution in [0.4, 0.5) is 0 Å². The summed E-state index contributed by atoms with van der Waals surface area (Å²) in [5.74, 6) is 0. The fourth-order valence-corrected chi connectivity index (χ4v) is 2.60. The smallest absolute Gasteiger partial charge is 0.0842 e. The van der Waals surface area contributed by atoms with E-state index >= 15 is 0 Å². The molecule has 0 fully saturated rings. The molecule has 0 amide bonds. The molecule has 0 radical (unpaired) electrons. The van der Waals surface area contributed by atoms with Crippen LogP contribution in [0.1, 0.15) is 19.4 Å². The van der Waals surface area contributed by atoms with Gasteiger partial charge in [0.15, 0.2) is 0 Å². The van der Waals surface area contributed by atoms with Gasteiger partial charge in [-0.05, 0) is 50.4 Å². The molecule has 0 aliphatic rings. The molecule has 3 heteroatoms. The molecule has 0 aromatic carbocycles. The zero-order valence-corrected chi connectivity index (χ0v) is 10.9. The maximum Gasteiger partial charge on any atom is 0.0842 e. The van der Waals surface area contributed by atoms with Crippen LogP contribution in [0.5, 0.6) is 0 Å². The molecule has 0 atom stereocenters. The van der Waals surface area contributed by atoms with Crippen LogP contribution < -0.4 is 0 Å². The van der Waals surface area contributed by atoms with Crippen molar-refractivity contribution in [1.29, 1.82) is 0 Å². The molecule has 0 saturated heterocycles. The van der Waals surface area contributed by atoms with Crippen LogP contribution in [0.3, 0.4) is 0 Å². The van der Waals surface area contributed by atoms with Gasteiger partial charge in [0.25, 0.3) is 0 Å². The Morgan fingerprint density at radius 1 is 1.44 bits per heavy atom. The predicted molar refractivity (Wildman–Crippen MR) is 71.1 cm³/mol. The Morgan fingerprint density at radius 3 is 3.00 bits per heavy atom. The third kappa shape index (κ3) is 2.42. The van der Waals surface area contributed by atoms with Gasteiger partial charge < -0.3 is 4.90 Å². The number of aromatic nitrogens is 1. The summed E-state index contributed by atoms with van der Waals surface area (Å²) in [4.78, 5) is 6.82. The predicted octanol–water partition coefficient (Wildman–Crippen LogP) is 3.18. The molecule has 2 nitrogen and oxygen atoms in total. The van der Waals surface area contributed by atoms with Crippen molar-refractivity contribution in [3.05, 3.63) is 29.3 Å². The number of hydrogen-bond acceptors (Lipinski definition) is 3. The highest BCUT2D eigenvalue weighted by Crippen LogP contribution is 2.23. The average Bonchev–Trinajstić information content (AvgIpc) is 2.69. The van der Waals surface area contributed by atoms with Gasteiger partial charge in [0.05, 0.1) is 10.2 Å². The van der Waals surface area contributed by atoms with Crippen molar-refractivity contribution in [1.82, 2.24) is 9.88 Å². The van der Waals surface area contributed by atoms with E-state index in [1.807, 2.05) is 12.3 Å². The largest absolute Gasteiger partial charge is 0.304 e. The third-order valence-corrected chi connectivity index (χ3v) is 4.00. The molecule has 0 bridgehead atoms. The second-order valence-corrected chi connectivity index (χ2v) is 5.35. The summed E-state index contributed by atoms with van der Waals surface area (Å²) in [6.07, 6.45) is 2.97. The first-order chi connectivity index (χ1) is 7.68. The first-order valence-corrected chi connectivity index (χ1v) is 6.58. The quantitative estimate of drug-likeness (QED) is 0.807. The summed E-state index contributed by atoms with van der Waals surface area (Å²) in [7, 11) is 2.17. The molecule has 0 aliphatic carbocycles. The number of fused-ring (bicyclic) bond motifs is 1. The van der Waals surface area contributed by atoms with E-state index in [0.29, 0.717) is 6.04 Å². The van der Waals surface area contributed by atoms with Crippen LogP contribution in [0.25, 0.3) is 10.2 Å². The van der Waals surface area contributed by atoms with Gasteiger partial charge in [0, 0.05) is 18.8 Å². The number of pyridine rings is 1. The normalized spacial score (nSPS) is 11.8. The van der Waals surface area contributed by atoms with Crippen LogP contribution in [-0.4, -0.2) is 29.5 Å². The summed E-state index contributed by atoms with van der Waals surface area (Å²) in [5.41, 5.74) is 2.57. The molecule has 16 heavy (non-hydrogen) atoms. The monoisotopic (exact) mass is 234 g/mol. The molecule has 0 saturated carbocycles. The maximum absolute atomic E-state index is 4.46. The standard InChI is InChI=1S/C13H18N2S/c1-10(2)15(3)8-6-11-9-16-12-5-4-7-14-13(11)12/h4-5,7,9-10H,6,8H2,1-3H3. The van der Waals surface area contributed by atoms with Gasteiger partial charge >= 0.3 is 0 Å². The van der Waals surface area contributed by atoms with Gasteiger partial charge in [0.1, 0.15) is 0 Å². The molecule has 0 unspecified atom stereocenters. The van der Waals surface area contributed by atoms with Crippen molar-refractivity contribution in [2.75, 3.05) is 13.6 Å². The first-order valence-electron chi connectivity index (χ1n) is 5.70. The number of rotatable bonds is 4. The lowest BCUT2D eigenvalue weighted by Gasteiger charge is -2.20. The average molecular weight is 234 g/mol. The summed E-state index contributed by atoms with van der Waals surface area (Å²) < 4.78 is 1.30. The Balaban J connectivity index is 2.10. The SMILES string of the molecule is CC(C)N(C)CCc1csc2cccnc12. The van der Waals surface area contributed by atoms with E-state index in [1.54, 1.807) is 11.3 Å². The first kappa shape index (κ1) is 11.6. The third-order valence-electron chi connectivity index (χ3n) is 3.02. The lowest BCUT2D eigenvalue weighted by Crippen LogP contribution is -2.28. The van der Waals surface area contributed by atoms with Crippen LogP contribution in [-0.2, 0) is 6.42 Å². The summed E-state index contributed by atoms with van der Waals surface area (Å²) in [6.45, 7) is 5.55. The maximum atomic E-state index is 4.46. The summed E-state index contributed by atoms with van der Waals surface area (Å²) >= 11 is 1.79. The highest BCUT2D eigenvalue weighted by Gasteiger charge is 2.07. The van der Waals surface area contributed by atoms with Gasteiger partial charge in [-0.25, -0.2) is 0 Å². The van der Waals surface area contributed by atoms with E-state index in [2.05, 4.69) is 42.2 Å². The Morgan fingerprint density at radius 2 is 2.25 bits per heavy atom. The molecular weight excluding hydrogens is 216 g/mol. The number of hydrogen-bond donors (Lipinski definition) is 0. The molecule has 2 heterocycles. The number of likely N-dealkylation sites (N-methyl/N-ethyl adjacent to an activating group) is 1. The second-order valence-electron chi connectivity index (χ2n) is 4.44. The Bertz CT molecular complexity index is 462. The topological polar surface area (TPSA) is 16.1 Å². The molecule has 2 rings (SSSR count). The molecule has 0 aliphatic heterocycles. The highest BCUT2D eigenvalue weighted by molar-refractivity contribution is 7.17. The van der Waals surface area contributed by atoms with Crippen molar-refractivity contribution < 1.29 is 0 Å². The van der Waals surface area contributed by atoms with Crippen molar-refractivity contribution in [2.45, 2.75) is 26.3 Å². The zero-order valence-electron chi connectivity index (χ0n) is 10.1. The molecule has 0 N–H and O–H groups in total. The lowest BCUT2D eigenvalue weighted by molar-refractivity contribution is 0.278. The van der Waals surface area contributed by atoms with E-state index < -0.39 is 0 Å². The molecule has 2 aromatic rings. The van der Waals surface area contributed by atoms with Crippen molar-refractivity contribution in [3.63, 3.8) is 0 Å². The Kier molecular flexibility index (Phi) is 3.56. The van der Waals surface area contributed by atoms with E-state index in [4.69, 9.17) is 0 Å². The van der Waals surface area contributed by atoms with Gasteiger partial charge in [-0.2, -0.15) is 0 Å². The van der Waals surface area contributed by atoms with E-state index in [-0.39, 0.29) is 0 Å². The summed E-state index contributed by atoms with van der Waals surface area (Å²) in [6, 6.07) is 4.75.